The zero-order valence-corrected chi connectivity index (χ0v) is 9.43. The lowest BCUT2D eigenvalue weighted by Crippen LogP contribution is -2.35. The highest BCUT2D eigenvalue weighted by molar-refractivity contribution is 6.20. The van der Waals surface area contributed by atoms with Gasteiger partial charge in [0.05, 0.1) is 0 Å². The summed E-state index contributed by atoms with van der Waals surface area (Å²) >= 11 is 6.08. The highest BCUT2D eigenvalue weighted by atomic mass is 35.5. The van der Waals surface area contributed by atoms with Crippen molar-refractivity contribution in [3.63, 3.8) is 0 Å². The van der Waals surface area contributed by atoms with E-state index in [0.717, 1.165) is 12.5 Å². The van der Waals surface area contributed by atoms with Gasteiger partial charge < -0.3 is 0 Å². The minimum atomic E-state index is 0.351. The Morgan fingerprint density at radius 2 is 2.08 bits per heavy atom. The topological polar surface area (TPSA) is 3.24 Å². The Bertz CT molecular complexity index is 157. The fourth-order valence-electron chi connectivity index (χ4n) is 1.85. The van der Waals surface area contributed by atoms with Crippen LogP contribution in [0.4, 0.5) is 0 Å². The molecule has 1 unspecified atom stereocenters. The van der Waals surface area contributed by atoms with E-state index in [4.69, 9.17) is 11.6 Å². The van der Waals surface area contributed by atoms with Crippen LogP contribution >= 0.6 is 11.6 Å². The second-order valence-corrected chi connectivity index (χ2v) is 4.57. The Labute approximate surface area is 86.8 Å². The Hall–Kier alpha value is -0.0100. The summed E-state index contributed by atoms with van der Waals surface area (Å²) in [5, 5.41) is 0.351. The molecule has 0 aromatic rings. The number of piperidine rings is 1. The number of nitrogens with zero attached hydrogens (tertiary/aromatic N) is 1. The normalized spacial score (nSPS) is 23.9. The molecule has 0 saturated carbocycles. The number of hydrogen-bond donors (Lipinski definition) is 0. The van der Waals surface area contributed by atoms with Gasteiger partial charge in [-0.05, 0) is 45.7 Å². The first kappa shape index (κ1) is 11.1. The maximum absolute atomic E-state index is 6.08. The van der Waals surface area contributed by atoms with Crippen molar-refractivity contribution in [1.29, 1.82) is 0 Å². The molecule has 0 radical (unpaired) electrons. The van der Waals surface area contributed by atoms with Crippen molar-refractivity contribution in [2.24, 2.45) is 5.92 Å². The third-order valence-corrected chi connectivity index (χ3v) is 3.24. The van der Waals surface area contributed by atoms with Crippen LogP contribution in [0.1, 0.15) is 26.7 Å². The average Bonchev–Trinajstić information content (AvgIpc) is 2.15. The van der Waals surface area contributed by atoms with Gasteiger partial charge in [-0.3, -0.25) is 4.90 Å². The van der Waals surface area contributed by atoms with Crippen molar-refractivity contribution < 1.29 is 0 Å². The molecule has 0 aromatic heterocycles. The van der Waals surface area contributed by atoms with E-state index in [2.05, 4.69) is 30.9 Å². The molecule has 13 heavy (non-hydrogen) atoms. The second kappa shape index (κ2) is 5.66. The lowest BCUT2D eigenvalue weighted by Gasteiger charge is -2.32. The lowest BCUT2D eigenvalue weighted by atomic mass is 9.94. The Morgan fingerprint density at radius 1 is 1.46 bits per heavy atom. The van der Waals surface area contributed by atoms with E-state index in [1.54, 1.807) is 0 Å². The minimum absolute atomic E-state index is 0.351. The summed E-state index contributed by atoms with van der Waals surface area (Å²) in [6.45, 7) is 7.74. The van der Waals surface area contributed by atoms with Gasteiger partial charge in [0.2, 0.25) is 0 Å². The quantitative estimate of drug-likeness (QED) is 0.502. The van der Waals surface area contributed by atoms with E-state index < -0.39 is 0 Å². The molecule has 1 heterocycles. The third-order valence-electron chi connectivity index (χ3n) is 2.88. The second-order valence-electron chi connectivity index (χ2n) is 3.88. The van der Waals surface area contributed by atoms with Crippen molar-refractivity contribution in [3.05, 3.63) is 12.2 Å². The molecule has 1 fully saturated rings. The Morgan fingerprint density at radius 3 is 2.54 bits per heavy atom. The molecule has 1 aliphatic heterocycles. The molecule has 0 aliphatic carbocycles. The van der Waals surface area contributed by atoms with Crippen LogP contribution in [0.25, 0.3) is 0 Å². The number of allylic oxidation sites excluding steroid dienone is 1. The molecule has 0 amide bonds. The largest absolute Gasteiger partial charge is 0.300 e. The van der Waals surface area contributed by atoms with Crippen molar-refractivity contribution in [2.45, 2.75) is 32.1 Å². The molecule has 1 rings (SSSR count). The molecule has 0 N–H and O–H groups in total. The van der Waals surface area contributed by atoms with Gasteiger partial charge in [0.25, 0.3) is 0 Å². The fourth-order valence-corrected chi connectivity index (χ4v) is 2.10. The summed E-state index contributed by atoms with van der Waals surface area (Å²) in [6.07, 6.45) is 6.88. The van der Waals surface area contributed by atoms with Gasteiger partial charge in [0, 0.05) is 11.9 Å². The van der Waals surface area contributed by atoms with Gasteiger partial charge in [0.1, 0.15) is 0 Å². The van der Waals surface area contributed by atoms with E-state index >= 15 is 0 Å². The van der Waals surface area contributed by atoms with Gasteiger partial charge in [0.15, 0.2) is 0 Å². The van der Waals surface area contributed by atoms with Crippen LogP contribution in [0, 0.1) is 5.92 Å². The minimum Gasteiger partial charge on any atom is -0.300 e. The van der Waals surface area contributed by atoms with Gasteiger partial charge in [-0.2, -0.15) is 0 Å². The monoisotopic (exact) mass is 201 g/mol. The highest BCUT2D eigenvalue weighted by Gasteiger charge is 2.21. The predicted octanol–water partition coefficient (Wildman–Crippen LogP) is 2.90. The molecule has 0 bridgehead atoms. The first-order valence-electron chi connectivity index (χ1n) is 5.21. The first-order valence-corrected chi connectivity index (χ1v) is 5.65. The van der Waals surface area contributed by atoms with E-state index in [1.165, 1.54) is 25.9 Å². The number of halogens is 1. The van der Waals surface area contributed by atoms with Gasteiger partial charge in [-0.15, -0.1) is 11.6 Å². The first-order chi connectivity index (χ1) is 6.24. The van der Waals surface area contributed by atoms with Crippen molar-refractivity contribution in [1.82, 2.24) is 4.90 Å². The van der Waals surface area contributed by atoms with Crippen LogP contribution in [-0.4, -0.2) is 29.9 Å². The number of hydrogen-bond acceptors (Lipinski definition) is 1. The van der Waals surface area contributed by atoms with Crippen LogP contribution in [0.5, 0.6) is 0 Å². The number of likely N-dealkylation sites (tertiary alicyclic amines) is 1. The number of alkyl halides is 1. The molecule has 0 aromatic carbocycles. The van der Waals surface area contributed by atoms with Gasteiger partial charge >= 0.3 is 0 Å². The molecule has 1 nitrogen and oxygen atoms in total. The summed E-state index contributed by atoms with van der Waals surface area (Å²) in [6, 6.07) is 0. The van der Waals surface area contributed by atoms with E-state index in [9.17, 15) is 0 Å². The molecule has 1 saturated heterocycles. The summed E-state index contributed by atoms with van der Waals surface area (Å²) in [5.74, 6) is 0.739. The summed E-state index contributed by atoms with van der Waals surface area (Å²) in [7, 11) is 0. The van der Waals surface area contributed by atoms with Crippen LogP contribution in [0.2, 0.25) is 0 Å². The average molecular weight is 202 g/mol. The summed E-state index contributed by atoms with van der Waals surface area (Å²) < 4.78 is 0. The van der Waals surface area contributed by atoms with E-state index in [1.807, 2.05) is 0 Å². The van der Waals surface area contributed by atoms with Gasteiger partial charge in [-0.25, -0.2) is 0 Å². The molecule has 1 aliphatic rings. The molecular weight excluding hydrogens is 182 g/mol. The molecular formula is C11H20ClN. The fraction of sp³-hybridized carbons (Fsp3) is 0.818. The van der Waals surface area contributed by atoms with E-state index in [-0.39, 0.29) is 0 Å². The van der Waals surface area contributed by atoms with Gasteiger partial charge in [-0.1, -0.05) is 12.2 Å². The smallest absolute Gasteiger partial charge is 0.0337 e. The van der Waals surface area contributed by atoms with Crippen LogP contribution in [0.3, 0.4) is 0 Å². The van der Waals surface area contributed by atoms with Crippen LogP contribution in [0.15, 0.2) is 12.2 Å². The molecule has 1 atom stereocenters. The Balaban J connectivity index is 2.22. The predicted molar refractivity (Wildman–Crippen MR) is 59.3 cm³/mol. The summed E-state index contributed by atoms with van der Waals surface area (Å²) in [4.78, 5) is 2.50. The summed E-state index contributed by atoms with van der Waals surface area (Å²) in [5.41, 5.74) is 0. The van der Waals surface area contributed by atoms with Crippen LogP contribution in [-0.2, 0) is 0 Å². The van der Waals surface area contributed by atoms with Crippen molar-refractivity contribution >= 4 is 11.6 Å². The van der Waals surface area contributed by atoms with Crippen molar-refractivity contribution in [2.75, 3.05) is 19.6 Å². The highest BCUT2D eigenvalue weighted by Crippen LogP contribution is 2.23. The molecule has 0 spiro atoms. The molecule has 76 valence electrons. The standard InChI is InChI=1S/C11H20ClN/c1-3-4-7-13-8-5-11(6-9-13)10(2)12/h3-4,10-11H,5-9H2,1-2H3/b4-3+. The van der Waals surface area contributed by atoms with E-state index in [0.29, 0.717) is 5.38 Å². The maximum Gasteiger partial charge on any atom is 0.0337 e. The van der Waals surface area contributed by atoms with Crippen LogP contribution < -0.4 is 0 Å². The zero-order chi connectivity index (χ0) is 9.68. The third kappa shape index (κ3) is 3.70. The molecule has 2 heteroatoms. The SMILES string of the molecule is C/C=C/CN1CCC(C(C)Cl)CC1. The number of rotatable bonds is 3. The Kier molecular flexibility index (Phi) is 4.82. The lowest BCUT2D eigenvalue weighted by molar-refractivity contribution is 0.200. The maximum atomic E-state index is 6.08. The van der Waals surface area contributed by atoms with Crippen molar-refractivity contribution in [3.8, 4) is 0 Å². The zero-order valence-electron chi connectivity index (χ0n) is 8.67.